The van der Waals surface area contributed by atoms with Crippen LogP contribution in [0.25, 0.3) is 11.3 Å². The molecule has 1 atom stereocenters. The third-order valence-corrected chi connectivity index (χ3v) is 7.16. The maximum Gasteiger partial charge on any atom is 0.326 e. The lowest BCUT2D eigenvalue weighted by Gasteiger charge is -2.25. The molecule has 0 unspecified atom stereocenters. The van der Waals surface area contributed by atoms with Gasteiger partial charge in [0.1, 0.15) is 29.2 Å². The number of pyridine rings is 2. The zero-order valence-electron chi connectivity index (χ0n) is 21.3. The minimum Gasteiger partial charge on any atom is -0.493 e. The van der Waals surface area contributed by atoms with E-state index in [2.05, 4.69) is 9.97 Å². The van der Waals surface area contributed by atoms with Crippen molar-refractivity contribution in [1.82, 2.24) is 14.7 Å². The highest BCUT2D eigenvalue weighted by molar-refractivity contribution is 7.90. The van der Waals surface area contributed by atoms with Crippen molar-refractivity contribution in [3.05, 3.63) is 59.9 Å². The first kappa shape index (κ1) is 27.8. The first-order valence-corrected chi connectivity index (χ1v) is 13.7. The van der Waals surface area contributed by atoms with Crippen LogP contribution in [0.15, 0.2) is 53.6 Å². The van der Waals surface area contributed by atoms with Crippen molar-refractivity contribution in [3.63, 3.8) is 0 Å². The van der Waals surface area contributed by atoms with Gasteiger partial charge >= 0.3 is 5.97 Å². The lowest BCUT2D eigenvalue weighted by Crippen LogP contribution is -2.39. The van der Waals surface area contributed by atoms with Crippen LogP contribution < -0.4 is 20.1 Å². The fraction of sp³-hybridized carbons (Fsp3) is 0.308. The number of ether oxygens (including phenoxy) is 1. The second kappa shape index (κ2) is 11.2. The van der Waals surface area contributed by atoms with Gasteiger partial charge in [-0.2, -0.15) is 8.42 Å². The summed E-state index contributed by atoms with van der Waals surface area (Å²) in [4.78, 5) is 34.9. The lowest BCUT2D eigenvalue weighted by atomic mass is 10.1. The van der Waals surface area contributed by atoms with Crippen molar-refractivity contribution < 1.29 is 32.2 Å². The van der Waals surface area contributed by atoms with E-state index in [4.69, 9.17) is 10.5 Å². The Bertz CT molecular complexity index is 1510. The number of sulfonamides is 1. The van der Waals surface area contributed by atoms with E-state index in [0.29, 0.717) is 25.0 Å². The number of nitrogens with one attached hydrogen (secondary N) is 1. The molecule has 2 aromatic heterocycles. The number of nitrogen functional groups attached to an aromatic ring is 1. The highest BCUT2D eigenvalue weighted by atomic mass is 32.2. The van der Waals surface area contributed by atoms with Gasteiger partial charge in [-0.25, -0.2) is 23.9 Å². The summed E-state index contributed by atoms with van der Waals surface area (Å²) in [7, 11) is -4.41. The summed E-state index contributed by atoms with van der Waals surface area (Å²) in [6.45, 7) is 4.54. The van der Waals surface area contributed by atoms with E-state index >= 15 is 0 Å². The van der Waals surface area contributed by atoms with E-state index in [1.165, 1.54) is 47.4 Å². The second-order valence-electron chi connectivity index (χ2n) is 9.47. The number of nitrogens with zero attached hydrogens (tertiary/aromatic N) is 3. The average Bonchev–Trinajstić information content (AvgIpc) is 3.37. The van der Waals surface area contributed by atoms with E-state index in [-0.39, 0.29) is 41.1 Å². The van der Waals surface area contributed by atoms with Crippen LogP contribution in [0.2, 0.25) is 0 Å². The van der Waals surface area contributed by atoms with Gasteiger partial charge in [0.15, 0.2) is 5.03 Å². The summed E-state index contributed by atoms with van der Waals surface area (Å²) in [6.07, 6.45) is 0.823. The second-order valence-corrected chi connectivity index (χ2v) is 11.1. The van der Waals surface area contributed by atoms with Gasteiger partial charge in [-0.05, 0) is 55.2 Å². The van der Waals surface area contributed by atoms with Gasteiger partial charge in [-0.3, -0.25) is 4.79 Å². The number of carbonyl (C=O) groups excluding carboxylic acids is 1. The highest BCUT2D eigenvalue weighted by Gasteiger charge is 2.35. The Morgan fingerprint density at radius 1 is 1.21 bits per heavy atom. The minimum absolute atomic E-state index is 0.0421. The van der Waals surface area contributed by atoms with Crippen LogP contribution in [-0.2, 0) is 14.8 Å². The molecule has 4 rings (SSSR count). The summed E-state index contributed by atoms with van der Waals surface area (Å²) in [5, 5.41) is 9.29. The molecule has 1 aliphatic heterocycles. The Morgan fingerprint density at radius 3 is 2.67 bits per heavy atom. The molecule has 1 amide bonds. The molecule has 39 heavy (non-hydrogen) atoms. The number of benzene rings is 1. The van der Waals surface area contributed by atoms with Gasteiger partial charge in [0, 0.05) is 18.2 Å². The number of anilines is 2. The van der Waals surface area contributed by atoms with Gasteiger partial charge in [0.2, 0.25) is 0 Å². The Hall–Kier alpha value is -4.26. The van der Waals surface area contributed by atoms with Gasteiger partial charge < -0.3 is 20.5 Å². The molecule has 3 heterocycles. The first-order chi connectivity index (χ1) is 18.4. The van der Waals surface area contributed by atoms with Crippen LogP contribution in [0.5, 0.6) is 5.75 Å². The molecule has 0 radical (unpaired) electrons. The molecule has 1 aromatic carbocycles. The number of hydrogen-bond acceptors (Lipinski definition) is 9. The number of carboxylic acids is 1. The van der Waals surface area contributed by atoms with Crippen molar-refractivity contribution in [2.45, 2.75) is 37.8 Å². The Morgan fingerprint density at radius 2 is 1.97 bits per heavy atom. The number of amides is 1. The molecule has 0 bridgehead atoms. The molecular weight excluding hydrogens is 529 g/mol. The molecule has 1 fully saturated rings. The SMILES string of the molecule is CC(C)COc1cc(F)cc(-c2ccc(C(=O)NS(=O)(=O)c3cccc(N)n3)c(N3CCC[C@@H]3C(=O)O)n2)c1. The molecular formula is C26H28FN5O6S. The largest absolute Gasteiger partial charge is 0.493 e. The Kier molecular flexibility index (Phi) is 8.00. The van der Waals surface area contributed by atoms with Crippen molar-refractivity contribution in [2.75, 3.05) is 23.8 Å². The maximum atomic E-state index is 14.4. The molecule has 4 N–H and O–H groups in total. The molecule has 1 saturated heterocycles. The lowest BCUT2D eigenvalue weighted by molar-refractivity contribution is -0.138. The zero-order chi connectivity index (χ0) is 28.3. The van der Waals surface area contributed by atoms with Crippen LogP contribution in [0.1, 0.15) is 37.0 Å². The van der Waals surface area contributed by atoms with E-state index in [1.807, 2.05) is 18.6 Å². The van der Waals surface area contributed by atoms with E-state index in [0.717, 1.165) is 0 Å². The van der Waals surface area contributed by atoms with Crippen LogP contribution in [0.3, 0.4) is 0 Å². The number of aromatic nitrogens is 2. The topological polar surface area (TPSA) is 165 Å². The quantitative estimate of drug-likeness (QED) is 0.356. The third kappa shape index (κ3) is 6.42. The molecule has 0 aliphatic carbocycles. The summed E-state index contributed by atoms with van der Waals surface area (Å²) >= 11 is 0. The van der Waals surface area contributed by atoms with E-state index in [1.54, 1.807) is 6.07 Å². The normalized spacial score (nSPS) is 15.4. The number of aliphatic carboxylic acids is 1. The van der Waals surface area contributed by atoms with Crippen molar-refractivity contribution in [1.29, 1.82) is 0 Å². The van der Waals surface area contributed by atoms with Gasteiger partial charge in [0.25, 0.3) is 15.9 Å². The maximum absolute atomic E-state index is 14.4. The molecule has 206 valence electrons. The Balaban J connectivity index is 1.76. The average molecular weight is 558 g/mol. The van der Waals surface area contributed by atoms with Crippen LogP contribution in [0, 0.1) is 11.7 Å². The van der Waals surface area contributed by atoms with E-state index in [9.17, 15) is 27.5 Å². The van der Waals surface area contributed by atoms with Gasteiger partial charge in [0.05, 0.1) is 17.9 Å². The summed E-state index contributed by atoms with van der Waals surface area (Å²) in [5.74, 6) is -2.32. The monoisotopic (exact) mass is 557 g/mol. The smallest absolute Gasteiger partial charge is 0.326 e. The zero-order valence-corrected chi connectivity index (χ0v) is 22.1. The standard InChI is InChI=1S/C26H28FN5O6S/c1-15(2)14-38-18-12-16(11-17(27)13-18)20-9-8-19(24(29-20)32-10-4-5-21(32)26(34)35)25(33)31-39(36,37)23-7-3-6-22(28)30-23/h3,6-9,11-13,15,21H,4-5,10,14H2,1-2H3,(H2,28,30)(H,31,33)(H,34,35)/t21-/m1/s1. The highest BCUT2D eigenvalue weighted by Crippen LogP contribution is 2.32. The minimum atomic E-state index is -4.41. The van der Waals surface area contributed by atoms with Crippen LogP contribution >= 0.6 is 0 Å². The number of rotatable bonds is 9. The third-order valence-electron chi connectivity index (χ3n) is 5.93. The number of hydrogen-bond donors (Lipinski definition) is 3. The summed E-state index contributed by atoms with van der Waals surface area (Å²) in [6, 6.07) is 9.79. The van der Waals surface area contributed by atoms with Gasteiger partial charge in [-0.15, -0.1) is 0 Å². The predicted octanol–water partition coefficient (Wildman–Crippen LogP) is 3.07. The number of carbonyl (C=O) groups is 2. The van der Waals surface area contributed by atoms with Crippen molar-refractivity contribution in [3.8, 4) is 17.0 Å². The number of nitrogens with two attached hydrogens (primary N) is 1. The molecule has 11 nitrogen and oxygen atoms in total. The summed E-state index contributed by atoms with van der Waals surface area (Å²) in [5.41, 5.74) is 5.98. The van der Waals surface area contributed by atoms with Crippen molar-refractivity contribution in [2.24, 2.45) is 5.92 Å². The number of halogens is 1. The van der Waals surface area contributed by atoms with Crippen LogP contribution in [-0.4, -0.2) is 54.6 Å². The number of carboxylic acid groups (broad SMARTS) is 1. The first-order valence-electron chi connectivity index (χ1n) is 12.2. The van der Waals surface area contributed by atoms with Crippen molar-refractivity contribution >= 4 is 33.5 Å². The summed E-state index contributed by atoms with van der Waals surface area (Å²) < 4.78 is 47.7. The fourth-order valence-corrected chi connectivity index (χ4v) is 5.09. The molecule has 3 aromatic rings. The molecule has 0 saturated carbocycles. The molecule has 13 heteroatoms. The fourth-order valence-electron chi connectivity index (χ4n) is 4.15. The van der Waals surface area contributed by atoms with Gasteiger partial charge in [-0.1, -0.05) is 19.9 Å². The molecule has 0 spiro atoms. The predicted molar refractivity (Wildman–Crippen MR) is 141 cm³/mol. The van der Waals surface area contributed by atoms with Crippen LogP contribution in [0.4, 0.5) is 16.0 Å². The molecule has 1 aliphatic rings. The Labute approximate surface area is 224 Å². The van der Waals surface area contributed by atoms with E-state index < -0.39 is 38.8 Å².